The summed E-state index contributed by atoms with van der Waals surface area (Å²) in [6.07, 6.45) is 9.14. The number of rotatable bonds is 5. The van der Waals surface area contributed by atoms with Crippen molar-refractivity contribution in [2.24, 2.45) is 0 Å². The molecule has 1 amide bonds. The molecule has 2 aromatic rings. The van der Waals surface area contributed by atoms with Crippen molar-refractivity contribution in [1.82, 2.24) is 14.9 Å². The standard InChI is InChI=1S/C17H24N4O2/c1-2-12-8-9-21-14(10-12)19-17(18-11-15(22)20-23)16(21)13-6-4-3-5-7-13/h8-10,13,18,23H,2-7,11H2,1H3,(H,20,22). The first-order chi connectivity index (χ1) is 11.2. The third kappa shape index (κ3) is 3.32. The molecule has 0 unspecified atom stereocenters. The normalized spacial score (nSPS) is 15.7. The van der Waals surface area contributed by atoms with Crippen molar-refractivity contribution in [3.05, 3.63) is 29.6 Å². The minimum absolute atomic E-state index is 0.0146. The van der Waals surface area contributed by atoms with Crippen LogP contribution in [0.2, 0.25) is 0 Å². The van der Waals surface area contributed by atoms with E-state index in [4.69, 9.17) is 10.2 Å². The van der Waals surface area contributed by atoms with Gasteiger partial charge in [-0.15, -0.1) is 0 Å². The number of carbonyl (C=O) groups excluding carboxylic acids is 1. The first-order valence-corrected chi connectivity index (χ1v) is 8.40. The SMILES string of the molecule is CCc1ccn2c(C3CCCCC3)c(NCC(=O)NO)nc2c1. The number of hydrogen-bond acceptors (Lipinski definition) is 4. The molecule has 0 aromatic carbocycles. The van der Waals surface area contributed by atoms with Crippen LogP contribution in [0, 0.1) is 0 Å². The van der Waals surface area contributed by atoms with E-state index in [0.717, 1.165) is 36.4 Å². The summed E-state index contributed by atoms with van der Waals surface area (Å²) in [5, 5.41) is 11.8. The minimum atomic E-state index is -0.467. The molecule has 1 aliphatic carbocycles. The maximum absolute atomic E-state index is 11.3. The predicted molar refractivity (Wildman–Crippen MR) is 88.8 cm³/mol. The number of hydroxylamine groups is 1. The van der Waals surface area contributed by atoms with E-state index in [2.05, 4.69) is 35.0 Å². The Labute approximate surface area is 135 Å². The van der Waals surface area contributed by atoms with E-state index in [1.807, 2.05) is 0 Å². The molecule has 124 valence electrons. The highest BCUT2D eigenvalue weighted by Gasteiger charge is 2.24. The molecule has 0 aliphatic heterocycles. The van der Waals surface area contributed by atoms with Crippen molar-refractivity contribution in [2.75, 3.05) is 11.9 Å². The third-order valence-electron chi connectivity index (χ3n) is 4.67. The van der Waals surface area contributed by atoms with Gasteiger partial charge in [0.2, 0.25) is 0 Å². The van der Waals surface area contributed by atoms with Crippen LogP contribution in [0.15, 0.2) is 18.3 Å². The van der Waals surface area contributed by atoms with Crippen LogP contribution < -0.4 is 10.8 Å². The van der Waals surface area contributed by atoms with Crippen LogP contribution in [0.3, 0.4) is 0 Å². The number of fused-ring (bicyclic) bond motifs is 1. The van der Waals surface area contributed by atoms with Gasteiger partial charge in [0, 0.05) is 12.1 Å². The highest BCUT2D eigenvalue weighted by molar-refractivity contribution is 5.79. The van der Waals surface area contributed by atoms with Gasteiger partial charge in [0.1, 0.15) is 11.5 Å². The first-order valence-electron chi connectivity index (χ1n) is 8.40. The molecule has 2 aromatic heterocycles. The predicted octanol–water partition coefficient (Wildman–Crippen LogP) is 2.86. The molecule has 6 nitrogen and oxygen atoms in total. The Kier molecular flexibility index (Phi) is 4.81. The Morgan fingerprint density at radius 2 is 2.17 bits per heavy atom. The lowest BCUT2D eigenvalue weighted by molar-refractivity contribution is -0.127. The van der Waals surface area contributed by atoms with Crippen LogP contribution in [0.5, 0.6) is 0 Å². The largest absolute Gasteiger partial charge is 0.359 e. The Hall–Kier alpha value is -2.08. The van der Waals surface area contributed by atoms with Gasteiger partial charge in [-0.2, -0.15) is 0 Å². The van der Waals surface area contributed by atoms with Gasteiger partial charge < -0.3 is 9.72 Å². The maximum Gasteiger partial charge on any atom is 0.262 e. The lowest BCUT2D eigenvalue weighted by Crippen LogP contribution is -2.27. The second-order valence-electron chi connectivity index (χ2n) is 6.19. The van der Waals surface area contributed by atoms with Crippen LogP contribution in [-0.2, 0) is 11.2 Å². The molecule has 0 spiro atoms. The van der Waals surface area contributed by atoms with E-state index < -0.39 is 5.91 Å². The fourth-order valence-corrected chi connectivity index (χ4v) is 3.43. The fraction of sp³-hybridized carbons (Fsp3) is 0.529. The van der Waals surface area contributed by atoms with Crippen molar-refractivity contribution >= 4 is 17.4 Å². The summed E-state index contributed by atoms with van der Waals surface area (Å²) in [5.41, 5.74) is 4.97. The van der Waals surface area contributed by atoms with Gasteiger partial charge in [0.15, 0.2) is 0 Å². The molecule has 0 radical (unpaired) electrons. The summed E-state index contributed by atoms with van der Waals surface area (Å²) < 4.78 is 2.15. The van der Waals surface area contributed by atoms with Crippen LogP contribution in [0.4, 0.5) is 5.82 Å². The molecular weight excluding hydrogens is 292 g/mol. The van der Waals surface area contributed by atoms with Crippen molar-refractivity contribution in [2.45, 2.75) is 51.4 Å². The summed E-state index contributed by atoms with van der Waals surface area (Å²) in [6, 6.07) is 4.23. The Balaban J connectivity index is 1.98. The number of hydrogen-bond donors (Lipinski definition) is 3. The molecular formula is C17H24N4O2. The number of imidazole rings is 1. The molecule has 6 heteroatoms. The zero-order valence-electron chi connectivity index (χ0n) is 13.5. The fourth-order valence-electron chi connectivity index (χ4n) is 3.43. The molecule has 23 heavy (non-hydrogen) atoms. The lowest BCUT2D eigenvalue weighted by Gasteiger charge is -2.22. The van der Waals surface area contributed by atoms with Gasteiger partial charge in [-0.3, -0.25) is 10.0 Å². The van der Waals surface area contributed by atoms with Gasteiger partial charge in [-0.05, 0) is 37.0 Å². The Bertz CT molecular complexity index is 689. The van der Waals surface area contributed by atoms with Crippen molar-refractivity contribution < 1.29 is 10.0 Å². The highest BCUT2D eigenvalue weighted by Crippen LogP contribution is 2.36. The van der Waals surface area contributed by atoms with Crippen LogP contribution >= 0.6 is 0 Å². The van der Waals surface area contributed by atoms with Gasteiger partial charge >= 0.3 is 0 Å². The number of amides is 1. The maximum atomic E-state index is 11.3. The molecule has 0 atom stereocenters. The zero-order chi connectivity index (χ0) is 16.2. The van der Waals surface area contributed by atoms with E-state index >= 15 is 0 Å². The Morgan fingerprint density at radius 1 is 1.39 bits per heavy atom. The quantitative estimate of drug-likeness (QED) is 0.585. The van der Waals surface area contributed by atoms with Crippen molar-refractivity contribution in [3.63, 3.8) is 0 Å². The van der Waals surface area contributed by atoms with E-state index in [-0.39, 0.29) is 6.54 Å². The summed E-state index contributed by atoms with van der Waals surface area (Å²) >= 11 is 0. The smallest absolute Gasteiger partial charge is 0.262 e. The summed E-state index contributed by atoms with van der Waals surface area (Å²) in [5.74, 6) is 0.755. The zero-order valence-corrected chi connectivity index (χ0v) is 13.5. The molecule has 2 heterocycles. The van der Waals surface area contributed by atoms with Crippen molar-refractivity contribution in [1.29, 1.82) is 0 Å². The highest BCUT2D eigenvalue weighted by atomic mass is 16.5. The number of anilines is 1. The van der Waals surface area contributed by atoms with Crippen LogP contribution in [-0.4, -0.2) is 27.0 Å². The second kappa shape index (κ2) is 7.00. The van der Waals surface area contributed by atoms with E-state index in [9.17, 15) is 4.79 Å². The molecule has 0 bridgehead atoms. The Morgan fingerprint density at radius 3 is 2.87 bits per heavy atom. The van der Waals surface area contributed by atoms with E-state index in [1.54, 1.807) is 5.48 Å². The van der Waals surface area contributed by atoms with Crippen molar-refractivity contribution in [3.8, 4) is 0 Å². The topological polar surface area (TPSA) is 78.7 Å². The number of nitrogens with zero attached hydrogens (tertiary/aromatic N) is 2. The number of pyridine rings is 1. The van der Waals surface area contributed by atoms with Crippen LogP contribution in [0.1, 0.15) is 56.2 Å². The molecule has 3 N–H and O–H groups in total. The molecule has 1 saturated carbocycles. The summed E-state index contributed by atoms with van der Waals surface area (Å²) in [7, 11) is 0. The summed E-state index contributed by atoms with van der Waals surface area (Å²) in [4.78, 5) is 16.0. The van der Waals surface area contributed by atoms with Gasteiger partial charge in [-0.25, -0.2) is 10.5 Å². The van der Waals surface area contributed by atoms with Gasteiger partial charge in [0.25, 0.3) is 5.91 Å². The second-order valence-corrected chi connectivity index (χ2v) is 6.19. The first kappa shape index (κ1) is 15.8. The average molecular weight is 316 g/mol. The van der Waals surface area contributed by atoms with Gasteiger partial charge in [-0.1, -0.05) is 26.2 Å². The van der Waals surface area contributed by atoms with Crippen LogP contribution in [0.25, 0.3) is 5.65 Å². The number of carbonyl (C=O) groups is 1. The molecule has 0 saturated heterocycles. The average Bonchev–Trinajstić information content (AvgIpc) is 2.97. The monoisotopic (exact) mass is 316 g/mol. The van der Waals surface area contributed by atoms with E-state index in [0.29, 0.717) is 5.92 Å². The molecule has 1 aliphatic rings. The number of aryl methyl sites for hydroxylation is 1. The number of nitrogens with one attached hydrogen (secondary N) is 2. The molecule has 1 fully saturated rings. The van der Waals surface area contributed by atoms with E-state index in [1.165, 1.54) is 24.8 Å². The van der Waals surface area contributed by atoms with Gasteiger partial charge in [0.05, 0.1) is 12.2 Å². The number of aromatic nitrogens is 2. The minimum Gasteiger partial charge on any atom is -0.359 e. The lowest BCUT2D eigenvalue weighted by atomic mass is 9.87. The summed E-state index contributed by atoms with van der Waals surface area (Å²) in [6.45, 7) is 2.14. The molecule has 3 rings (SSSR count). The third-order valence-corrected chi connectivity index (χ3v) is 4.67.